The van der Waals surface area contributed by atoms with Crippen LogP contribution in [-0.2, 0) is 14.8 Å². The van der Waals surface area contributed by atoms with Crippen molar-refractivity contribution in [1.29, 1.82) is 0 Å². The first-order valence-electron chi connectivity index (χ1n) is 4.83. The molecule has 0 aromatic heterocycles. The summed E-state index contributed by atoms with van der Waals surface area (Å²) >= 11 is 0. The fraction of sp³-hybridized carbons (Fsp3) is 0.667. The van der Waals surface area contributed by atoms with Gasteiger partial charge in [0.1, 0.15) is 0 Å². The van der Waals surface area contributed by atoms with Crippen LogP contribution in [0.25, 0.3) is 0 Å². The van der Waals surface area contributed by atoms with E-state index < -0.39 is 10.0 Å². The summed E-state index contributed by atoms with van der Waals surface area (Å²) in [6.45, 7) is 4.72. The molecule has 1 aliphatic heterocycles. The molecule has 0 unspecified atom stereocenters. The van der Waals surface area contributed by atoms with Gasteiger partial charge in [0.25, 0.3) is 0 Å². The van der Waals surface area contributed by atoms with Crippen molar-refractivity contribution in [2.75, 3.05) is 32.4 Å². The van der Waals surface area contributed by atoms with Gasteiger partial charge in [-0.15, -0.1) is 0 Å². The molecule has 1 heterocycles. The Morgan fingerprint density at radius 2 is 2.27 bits per heavy atom. The summed E-state index contributed by atoms with van der Waals surface area (Å²) in [5, 5.41) is 0. The Hall–Kier alpha value is -0.880. The molecule has 6 heteroatoms. The second-order valence-corrected chi connectivity index (χ2v) is 5.62. The van der Waals surface area contributed by atoms with E-state index in [0.29, 0.717) is 26.1 Å². The molecule has 86 valence electrons. The van der Waals surface area contributed by atoms with E-state index in [9.17, 15) is 13.2 Å². The number of sulfonamides is 1. The van der Waals surface area contributed by atoms with Gasteiger partial charge in [-0.25, -0.2) is 12.7 Å². The van der Waals surface area contributed by atoms with Crippen LogP contribution in [0.15, 0.2) is 12.7 Å². The van der Waals surface area contributed by atoms with Crippen LogP contribution in [0.5, 0.6) is 0 Å². The lowest BCUT2D eigenvalue weighted by Gasteiger charge is -2.19. The monoisotopic (exact) mass is 232 g/mol. The molecule has 1 rings (SSSR count). The molecule has 0 radical (unpaired) electrons. The van der Waals surface area contributed by atoms with E-state index in [1.54, 1.807) is 7.05 Å². The molecule has 1 aliphatic rings. The normalized spacial score (nSPS) is 20.1. The zero-order chi connectivity index (χ0) is 11.5. The average molecular weight is 232 g/mol. The Morgan fingerprint density at radius 3 is 2.73 bits per heavy atom. The molecule has 0 spiro atoms. The number of carbonyl (C=O) groups is 1. The second kappa shape index (κ2) is 4.76. The Labute approximate surface area is 90.4 Å². The van der Waals surface area contributed by atoms with Crippen molar-refractivity contribution in [1.82, 2.24) is 9.21 Å². The van der Waals surface area contributed by atoms with Gasteiger partial charge in [0.05, 0.1) is 5.75 Å². The standard InChI is InChI=1S/C9H16N2O3S/c1-3-9(12)10(2)6-7-11-5-4-8-15(11,13)14/h3H,1,4-8H2,2H3. The van der Waals surface area contributed by atoms with Gasteiger partial charge in [0, 0.05) is 26.7 Å². The third-order valence-electron chi connectivity index (χ3n) is 2.44. The summed E-state index contributed by atoms with van der Waals surface area (Å²) in [4.78, 5) is 12.6. The van der Waals surface area contributed by atoms with E-state index in [1.807, 2.05) is 0 Å². The van der Waals surface area contributed by atoms with Crippen LogP contribution in [0, 0.1) is 0 Å². The van der Waals surface area contributed by atoms with Crippen molar-refractivity contribution < 1.29 is 13.2 Å². The maximum atomic E-state index is 11.4. The molecule has 0 atom stereocenters. The van der Waals surface area contributed by atoms with E-state index in [2.05, 4.69) is 6.58 Å². The Bertz CT molecular complexity index is 350. The van der Waals surface area contributed by atoms with Gasteiger partial charge in [0.15, 0.2) is 0 Å². The summed E-state index contributed by atoms with van der Waals surface area (Å²) in [5.41, 5.74) is 0. The topological polar surface area (TPSA) is 57.7 Å². The lowest BCUT2D eigenvalue weighted by molar-refractivity contribution is -0.124. The summed E-state index contributed by atoms with van der Waals surface area (Å²) in [5.74, 6) is 0.0400. The smallest absolute Gasteiger partial charge is 0.245 e. The number of likely N-dealkylation sites (N-methyl/N-ethyl adjacent to an activating group) is 1. The average Bonchev–Trinajstić information content (AvgIpc) is 2.53. The Morgan fingerprint density at radius 1 is 1.60 bits per heavy atom. The van der Waals surface area contributed by atoms with Gasteiger partial charge >= 0.3 is 0 Å². The molecule has 0 saturated carbocycles. The largest absolute Gasteiger partial charge is 0.341 e. The summed E-state index contributed by atoms with van der Waals surface area (Å²) in [6.07, 6.45) is 1.90. The summed E-state index contributed by atoms with van der Waals surface area (Å²) in [7, 11) is -1.41. The molecule has 0 N–H and O–H groups in total. The zero-order valence-electron chi connectivity index (χ0n) is 8.85. The number of hydrogen-bond donors (Lipinski definition) is 0. The van der Waals surface area contributed by atoms with E-state index >= 15 is 0 Å². The number of rotatable bonds is 4. The fourth-order valence-corrected chi connectivity index (χ4v) is 2.99. The molecule has 0 aromatic carbocycles. The van der Waals surface area contributed by atoms with Crippen LogP contribution in [0.4, 0.5) is 0 Å². The van der Waals surface area contributed by atoms with Crippen LogP contribution < -0.4 is 0 Å². The molecule has 0 bridgehead atoms. The second-order valence-electron chi connectivity index (χ2n) is 3.53. The first kappa shape index (κ1) is 12.2. The van der Waals surface area contributed by atoms with Crippen LogP contribution in [0.3, 0.4) is 0 Å². The van der Waals surface area contributed by atoms with E-state index in [-0.39, 0.29) is 11.7 Å². The number of nitrogens with zero attached hydrogens (tertiary/aromatic N) is 2. The maximum absolute atomic E-state index is 11.4. The van der Waals surface area contributed by atoms with Crippen molar-refractivity contribution >= 4 is 15.9 Å². The van der Waals surface area contributed by atoms with Crippen molar-refractivity contribution in [2.24, 2.45) is 0 Å². The minimum atomic E-state index is -3.05. The highest BCUT2D eigenvalue weighted by Crippen LogP contribution is 2.12. The lowest BCUT2D eigenvalue weighted by atomic mass is 10.4. The summed E-state index contributed by atoms with van der Waals surface area (Å²) < 4.78 is 24.3. The first-order valence-corrected chi connectivity index (χ1v) is 6.43. The predicted octanol–water partition coefficient (Wildman–Crippen LogP) is -0.334. The number of carbonyl (C=O) groups excluding carboxylic acids is 1. The molecule has 1 amide bonds. The van der Waals surface area contributed by atoms with E-state index in [0.717, 1.165) is 0 Å². The first-order chi connectivity index (χ1) is 6.97. The highest BCUT2D eigenvalue weighted by molar-refractivity contribution is 7.89. The third-order valence-corrected chi connectivity index (χ3v) is 4.40. The molecular weight excluding hydrogens is 216 g/mol. The minimum absolute atomic E-state index is 0.188. The zero-order valence-corrected chi connectivity index (χ0v) is 9.66. The van der Waals surface area contributed by atoms with Gasteiger partial charge in [-0.3, -0.25) is 4.79 Å². The summed E-state index contributed by atoms with van der Waals surface area (Å²) in [6, 6.07) is 0. The fourth-order valence-electron chi connectivity index (χ4n) is 1.47. The van der Waals surface area contributed by atoms with Gasteiger partial charge in [-0.1, -0.05) is 6.58 Å². The Balaban J connectivity index is 2.44. The van der Waals surface area contributed by atoms with Crippen molar-refractivity contribution in [3.05, 3.63) is 12.7 Å². The SMILES string of the molecule is C=CC(=O)N(C)CCN1CCCS1(=O)=O. The van der Waals surface area contributed by atoms with Gasteiger partial charge in [-0.05, 0) is 12.5 Å². The molecule has 15 heavy (non-hydrogen) atoms. The molecular formula is C9H16N2O3S. The van der Waals surface area contributed by atoms with Crippen molar-refractivity contribution in [3.8, 4) is 0 Å². The van der Waals surface area contributed by atoms with Crippen molar-refractivity contribution in [3.63, 3.8) is 0 Å². The van der Waals surface area contributed by atoms with E-state index in [1.165, 1.54) is 15.3 Å². The maximum Gasteiger partial charge on any atom is 0.245 e. The lowest BCUT2D eigenvalue weighted by Crippen LogP contribution is -2.36. The van der Waals surface area contributed by atoms with Crippen LogP contribution in [0.2, 0.25) is 0 Å². The van der Waals surface area contributed by atoms with Crippen LogP contribution in [-0.4, -0.2) is 56.0 Å². The number of amides is 1. The van der Waals surface area contributed by atoms with Gasteiger partial charge in [-0.2, -0.15) is 0 Å². The molecule has 0 aliphatic carbocycles. The number of hydrogen-bond acceptors (Lipinski definition) is 3. The highest BCUT2D eigenvalue weighted by atomic mass is 32.2. The Kier molecular flexibility index (Phi) is 3.87. The van der Waals surface area contributed by atoms with Gasteiger partial charge in [0.2, 0.25) is 15.9 Å². The third kappa shape index (κ3) is 3.04. The highest BCUT2D eigenvalue weighted by Gasteiger charge is 2.27. The van der Waals surface area contributed by atoms with Crippen LogP contribution in [0.1, 0.15) is 6.42 Å². The van der Waals surface area contributed by atoms with Gasteiger partial charge < -0.3 is 4.90 Å². The molecule has 1 saturated heterocycles. The quantitative estimate of drug-likeness (QED) is 0.623. The van der Waals surface area contributed by atoms with Crippen molar-refractivity contribution in [2.45, 2.75) is 6.42 Å². The molecule has 1 fully saturated rings. The predicted molar refractivity (Wildman–Crippen MR) is 57.8 cm³/mol. The minimum Gasteiger partial charge on any atom is -0.341 e. The molecule has 5 nitrogen and oxygen atoms in total. The van der Waals surface area contributed by atoms with Crippen LogP contribution >= 0.6 is 0 Å². The molecule has 0 aromatic rings. The van der Waals surface area contributed by atoms with E-state index in [4.69, 9.17) is 0 Å².